The molecule has 1 heterocycles. The zero-order chi connectivity index (χ0) is 22.8. The van der Waals surface area contributed by atoms with Crippen LogP contribution >= 0.6 is 11.3 Å². The average molecular weight is 463 g/mol. The molecule has 2 aromatic carbocycles. The lowest BCUT2D eigenvalue weighted by atomic mass is 10.1. The molecule has 2 nitrogen and oxygen atoms in total. The van der Waals surface area contributed by atoms with Crippen LogP contribution in [0.15, 0.2) is 72.8 Å². The molecule has 178 valence electrons. The van der Waals surface area contributed by atoms with Gasteiger partial charge in [0.15, 0.2) is 0 Å². The van der Waals surface area contributed by atoms with Crippen LogP contribution in [0.5, 0.6) is 0 Å². The Hall–Kier alpha value is -1.94. The van der Waals surface area contributed by atoms with E-state index in [0.717, 1.165) is 26.2 Å². The molecule has 0 fully saturated rings. The van der Waals surface area contributed by atoms with Crippen molar-refractivity contribution >= 4 is 11.3 Å². The lowest BCUT2D eigenvalue weighted by Crippen LogP contribution is -2.14. The molecule has 2 N–H and O–H groups in total. The van der Waals surface area contributed by atoms with Crippen molar-refractivity contribution in [3.05, 3.63) is 93.7 Å². The van der Waals surface area contributed by atoms with Crippen molar-refractivity contribution in [1.29, 1.82) is 0 Å². The van der Waals surface area contributed by atoms with Crippen LogP contribution in [0.4, 0.5) is 0 Å². The monoisotopic (exact) mass is 462 g/mol. The van der Waals surface area contributed by atoms with Gasteiger partial charge in [-0.2, -0.15) is 0 Å². The van der Waals surface area contributed by atoms with Crippen molar-refractivity contribution in [2.45, 2.75) is 77.3 Å². The van der Waals surface area contributed by atoms with Gasteiger partial charge in [-0.05, 0) is 74.9 Å². The van der Waals surface area contributed by atoms with E-state index in [9.17, 15) is 0 Å². The van der Waals surface area contributed by atoms with Gasteiger partial charge in [-0.25, -0.2) is 0 Å². The van der Waals surface area contributed by atoms with Gasteiger partial charge in [0.2, 0.25) is 0 Å². The third kappa shape index (κ3) is 11.7. The van der Waals surface area contributed by atoms with Gasteiger partial charge >= 0.3 is 0 Å². The van der Waals surface area contributed by atoms with E-state index in [4.69, 9.17) is 0 Å². The van der Waals surface area contributed by atoms with Crippen molar-refractivity contribution in [3.63, 3.8) is 0 Å². The van der Waals surface area contributed by atoms with E-state index in [1.807, 2.05) is 11.3 Å². The van der Waals surface area contributed by atoms with Crippen molar-refractivity contribution in [2.75, 3.05) is 13.1 Å². The standard InChI is InChI=1S/C30H42N2S/c1(2-4-13-23-31-25-27-15-7-5-8-16-27)3-11-19-29-21-22-30(33-29)20-12-14-24-32-26-28-17-9-6-10-18-28/h5-10,15-18,21-22,31-32H,1-4,11-14,19-20,23-26H2. The van der Waals surface area contributed by atoms with Crippen LogP contribution in [0, 0.1) is 0 Å². The molecule has 0 spiro atoms. The zero-order valence-corrected chi connectivity index (χ0v) is 21.1. The Morgan fingerprint density at radius 3 is 1.42 bits per heavy atom. The molecular weight excluding hydrogens is 420 g/mol. The summed E-state index contributed by atoms with van der Waals surface area (Å²) in [7, 11) is 0. The molecule has 3 rings (SSSR count). The highest BCUT2D eigenvalue weighted by atomic mass is 32.1. The van der Waals surface area contributed by atoms with E-state index in [1.165, 1.54) is 75.3 Å². The van der Waals surface area contributed by atoms with Crippen LogP contribution < -0.4 is 10.6 Å². The highest BCUT2D eigenvalue weighted by molar-refractivity contribution is 7.11. The summed E-state index contributed by atoms with van der Waals surface area (Å²) in [6.07, 6.45) is 13.1. The largest absolute Gasteiger partial charge is 0.313 e. The van der Waals surface area contributed by atoms with Gasteiger partial charge in [-0.15, -0.1) is 11.3 Å². The molecule has 0 saturated carbocycles. The fourth-order valence-electron chi connectivity index (χ4n) is 4.15. The maximum Gasteiger partial charge on any atom is 0.0205 e. The molecule has 0 atom stereocenters. The van der Waals surface area contributed by atoms with Gasteiger partial charge in [0.1, 0.15) is 0 Å². The van der Waals surface area contributed by atoms with E-state index >= 15 is 0 Å². The summed E-state index contributed by atoms with van der Waals surface area (Å²) in [6.45, 7) is 4.22. The minimum Gasteiger partial charge on any atom is -0.313 e. The van der Waals surface area contributed by atoms with Gasteiger partial charge in [0.25, 0.3) is 0 Å². The summed E-state index contributed by atoms with van der Waals surface area (Å²) in [5.74, 6) is 0. The Labute approximate surface area is 205 Å². The lowest BCUT2D eigenvalue weighted by molar-refractivity contribution is 0.566. The molecule has 3 aromatic rings. The van der Waals surface area contributed by atoms with E-state index in [2.05, 4.69) is 83.4 Å². The van der Waals surface area contributed by atoms with Crippen LogP contribution in [-0.2, 0) is 25.9 Å². The van der Waals surface area contributed by atoms with Gasteiger partial charge in [0, 0.05) is 22.8 Å². The predicted molar refractivity (Wildman–Crippen MR) is 145 cm³/mol. The number of hydrogen-bond acceptors (Lipinski definition) is 3. The maximum absolute atomic E-state index is 3.56. The third-order valence-corrected chi connectivity index (χ3v) is 7.32. The Balaban J connectivity index is 1.11. The highest BCUT2D eigenvalue weighted by Gasteiger charge is 2.01. The summed E-state index contributed by atoms with van der Waals surface area (Å²) < 4.78 is 0. The number of rotatable bonds is 18. The number of hydrogen-bond donors (Lipinski definition) is 2. The molecule has 0 aliphatic rings. The second-order valence-corrected chi connectivity index (χ2v) is 10.3. The Morgan fingerprint density at radius 2 is 0.879 bits per heavy atom. The number of aryl methyl sites for hydroxylation is 2. The number of nitrogens with one attached hydrogen (secondary N) is 2. The smallest absolute Gasteiger partial charge is 0.0205 e. The molecule has 0 saturated heterocycles. The Bertz CT molecular complexity index is 844. The molecule has 0 bridgehead atoms. The first kappa shape index (κ1) is 25.7. The van der Waals surface area contributed by atoms with Crippen molar-refractivity contribution in [3.8, 4) is 0 Å². The predicted octanol–water partition coefficient (Wildman–Crippen LogP) is 7.53. The Kier molecular flexibility index (Phi) is 12.9. The second kappa shape index (κ2) is 16.6. The van der Waals surface area contributed by atoms with Crippen molar-refractivity contribution < 1.29 is 0 Å². The first-order valence-electron chi connectivity index (χ1n) is 13.0. The molecule has 0 radical (unpaired) electrons. The third-order valence-electron chi connectivity index (χ3n) is 6.11. The number of benzene rings is 2. The van der Waals surface area contributed by atoms with E-state index < -0.39 is 0 Å². The van der Waals surface area contributed by atoms with Crippen LogP contribution in [0.25, 0.3) is 0 Å². The molecule has 0 unspecified atom stereocenters. The Morgan fingerprint density at radius 1 is 0.455 bits per heavy atom. The van der Waals surface area contributed by atoms with E-state index in [-0.39, 0.29) is 0 Å². The highest BCUT2D eigenvalue weighted by Crippen LogP contribution is 2.21. The summed E-state index contributed by atoms with van der Waals surface area (Å²) >= 11 is 2.04. The minimum atomic E-state index is 0.981. The fraction of sp³-hybridized carbons (Fsp3) is 0.467. The van der Waals surface area contributed by atoms with Crippen LogP contribution in [0.3, 0.4) is 0 Å². The van der Waals surface area contributed by atoms with Gasteiger partial charge in [0.05, 0.1) is 0 Å². The first-order chi connectivity index (χ1) is 16.4. The normalized spacial score (nSPS) is 11.2. The second-order valence-electron chi connectivity index (χ2n) is 9.02. The van der Waals surface area contributed by atoms with Gasteiger partial charge in [-0.3, -0.25) is 0 Å². The van der Waals surface area contributed by atoms with Crippen LogP contribution in [0.1, 0.15) is 72.2 Å². The molecule has 1 aromatic heterocycles. The van der Waals surface area contributed by atoms with Gasteiger partial charge < -0.3 is 10.6 Å². The first-order valence-corrected chi connectivity index (χ1v) is 13.8. The van der Waals surface area contributed by atoms with E-state index in [1.54, 1.807) is 9.75 Å². The average Bonchev–Trinajstić information content (AvgIpc) is 3.31. The lowest BCUT2D eigenvalue weighted by Gasteiger charge is -2.05. The zero-order valence-electron chi connectivity index (χ0n) is 20.2. The summed E-state index contributed by atoms with van der Waals surface area (Å²) in [6, 6.07) is 26.1. The summed E-state index contributed by atoms with van der Waals surface area (Å²) in [4.78, 5) is 3.15. The fourth-order valence-corrected chi connectivity index (χ4v) is 5.26. The number of unbranched alkanes of at least 4 members (excludes halogenated alkanes) is 6. The number of thiophene rings is 1. The molecule has 33 heavy (non-hydrogen) atoms. The van der Waals surface area contributed by atoms with Crippen molar-refractivity contribution in [2.24, 2.45) is 0 Å². The topological polar surface area (TPSA) is 24.1 Å². The molecule has 3 heteroatoms. The van der Waals surface area contributed by atoms with Crippen molar-refractivity contribution in [1.82, 2.24) is 10.6 Å². The van der Waals surface area contributed by atoms with Crippen LogP contribution in [-0.4, -0.2) is 13.1 Å². The minimum absolute atomic E-state index is 0.981. The summed E-state index contributed by atoms with van der Waals surface area (Å²) in [5, 5.41) is 7.12. The van der Waals surface area contributed by atoms with Gasteiger partial charge in [-0.1, -0.05) is 86.3 Å². The molecule has 0 aliphatic heterocycles. The quantitative estimate of drug-likeness (QED) is 0.191. The molecule has 0 aliphatic carbocycles. The molecular formula is C30H42N2S. The summed E-state index contributed by atoms with van der Waals surface area (Å²) in [5.41, 5.74) is 2.75. The van der Waals surface area contributed by atoms with E-state index in [0.29, 0.717) is 0 Å². The SMILES string of the molecule is c1ccc(CNCCCCCCCCc2ccc(CCCCNCc3ccccc3)s2)cc1. The van der Waals surface area contributed by atoms with Crippen LogP contribution in [0.2, 0.25) is 0 Å². The molecule has 0 amide bonds. The maximum atomic E-state index is 3.56.